The molecule has 0 aliphatic carbocycles. The second-order valence-electron chi connectivity index (χ2n) is 5.51. The van der Waals surface area contributed by atoms with Gasteiger partial charge in [-0.1, -0.05) is 0 Å². The van der Waals surface area contributed by atoms with Crippen LogP contribution in [0.4, 0.5) is 4.79 Å². The minimum atomic E-state index is -0.917. The number of hydrogen-bond acceptors (Lipinski definition) is 6. The number of ether oxygens (including phenoxy) is 2. The molecule has 0 bridgehead atoms. The Bertz CT molecular complexity index is 724. The van der Waals surface area contributed by atoms with E-state index in [2.05, 4.69) is 9.97 Å². The Morgan fingerprint density at radius 2 is 1.82 bits per heavy atom. The first kappa shape index (κ1) is 15.6. The zero-order valence-corrected chi connectivity index (χ0v) is 12.6. The monoisotopic (exact) mass is 300 g/mol. The van der Waals surface area contributed by atoms with Gasteiger partial charge in [0.05, 0.1) is 5.69 Å². The summed E-state index contributed by atoms with van der Waals surface area (Å²) in [6.07, 6.45) is 2.10. The lowest BCUT2D eigenvalue weighted by atomic mass is 10.2. The largest absolute Gasteiger partial charge is 0.514 e. The van der Waals surface area contributed by atoms with Crippen molar-refractivity contribution in [1.29, 1.82) is 0 Å². The van der Waals surface area contributed by atoms with Crippen LogP contribution in [0.25, 0.3) is 11.3 Å². The average molecular weight is 300 g/mol. The topological polar surface area (TPSA) is 78.4 Å². The van der Waals surface area contributed by atoms with Crippen molar-refractivity contribution in [2.24, 2.45) is 0 Å². The van der Waals surface area contributed by atoms with E-state index in [1.807, 2.05) is 0 Å². The van der Waals surface area contributed by atoms with E-state index < -0.39 is 17.2 Å². The van der Waals surface area contributed by atoms with Gasteiger partial charge in [-0.15, -0.1) is 0 Å². The third-order valence-electron chi connectivity index (χ3n) is 2.53. The number of nitrogens with zero attached hydrogens (tertiary/aromatic N) is 2. The van der Waals surface area contributed by atoms with Crippen molar-refractivity contribution in [2.75, 3.05) is 0 Å². The predicted molar refractivity (Wildman–Crippen MR) is 80.6 cm³/mol. The molecule has 22 heavy (non-hydrogen) atoms. The molecule has 1 aromatic carbocycles. The van der Waals surface area contributed by atoms with Crippen LogP contribution < -0.4 is 10.2 Å². The Kier molecular flexibility index (Phi) is 4.50. The maximum atomic E-state index is 11.9. The van der Waals surface area contributed by atoms with Crippen molar-refractivity contribution >= 4 is 6.16 Å². The third kappa shape index (κ3) is 4.37. The molecule has 6 heteroatoms. The molecule has 0 radical (unpaired) electrons. The van der Waals surface area contributed by atoms with E-state index in [0.717, 1.165) is 0 Å². The molecule has 0 atom stereocenters. The molecule has 2 rings (SSSR count). The summed E-state index contributed by atoms with van der Waals surface area (Å²) >= 11 is 0. The lowest BCUT2D eigenvalue weighted by Crippen LogP contribution is -2.26. The molecule has 0 fully saturated rings. The van der Waals surface area contributed by atoms with Crippen LogP contribution in [0, 0.1) is 0 Å². The molecule has 1 heterocycles. The summed E-state index contributed by atoms with van der Waals surface area (Å²) < 4.78 is 9.99. The second kappa shape index (κ2) is 6.34. The van der Waals surface area contributed by atoms with Gasteiger partial charge in [0, 0.05) is 11.8 Å². The maximum Gasteiger partial charge on any atom is 0.514 e. The van der Waals surface area contributed by atoms with Crippen molar-refractivity contribution in [1.82, 2.24) is 9.97 Å². The van der Waals surface area contributed by atoms with Crippen LogP contribution >= 0.6 is 0 Å². The highest BCUT2D eigenvalue weighted by atomic mass is 16.7. The van der Waals surface area contributed by atoms with E-state index in [0.29, 0.717) is 11.3 Å². The fraction of sp³-hybridized carbons (Fsp3) is 0.250. The van der Waals surface area contributed by atoms with E-state index in [4.69, 9.17) is 9.47 Å². The van der Waals surface area contributed by atoms with Gasteiger partial charge >= 0.3 is 6.16 Å². The van der Waals surface area contributed by atoms with Gasteiger partial charge in [0.1, 0.15) is 11.9 Å². The van der Waals surface area contributed by atoms with E-state index in [1.165, 1.54) is 18.5 Å². The van der Waals surface area contributed by atoms with E-state index >= 15 is 0 Å². The molecule has 0 aliphatic heterocycles. The number of rotatable bonds is 2. The van der Waals surface area contributed by atoms with Crippen LogP contribution in [0.15, 0.2) is 47.7 Å². The third-order valence-corrected chi connectivity index (χ3v) is 2.53. The number of carbonyl (C=O) groups is 1. The summed E-state index contributed by atoms with van der Waals surface area (Å²) in [6.45, 7) is 5.14. The van der Waals surface area contributed by atoms with E-state index in [9.17, 15) is 9.59 Å². The summed E-state index contributed by atoms with van der Waals surface area (Å²) in [7, 11) is 0. The Morgan fingerprint density at radius 1 is 1.09 bits per heavy atom. The van der Waals surface area contributed by atoms with Gasteiger partial charge in [0.15, 0.2) is 5.75 Å². The molecular weight excluding hydrogens is 284 g/mol. The quantitative estimate of drug-likeness (QED) is 0.794. The molecule has 2 aromatic rings. The fourth-order valence-corrected chi connectivity index (χ4v) is 1.63. The highest BCUT2D eigenvalue weighted by molar-refractivity contribution is 5.65. The van der Waals surface area contributed by atoms with Crippen molar-refractivity contribution in [2.45, 2.75) is 26.4 Å². The van der Waals surface area contributed by atoms with Gasteiger partial charge in [-0.2, -0.15) is 0 Å². The molecule has 0 saturated heterocycles. The number of aromatic nitrogens is 2. The first-order valence-electron chi connectivity index (χ1n) is 6.67. The van der Waals surface area contributed by atoms with E-state index in [1.54, 1.807) is 45.2 Å². The summed E-state index contributed by atoms with van der Waals surface area (Å²) in [4.78, 5) is 31.5. The van der Waals surface area contributed by atoms with Crippen molar-refractivity contribution in [3.63, 3.8) is 0 Å². The van der Waals surface area contributed by atoms with Gasteiger partial charge in [-0.3, -0.25) is 4.79 Å². The zero-order chi connectivity index (χ0) is 16.2. The molecular formula is C16H16N2O4. The van der Waals surface area contributed by atoms with Gasteiger partial charge in [-0.25, -0.2) is 14.8 Å². The molecule has 0 aliphatic rings. The summed E-state index contributed by atoms with van der Waals surface area (Å²) in [5.74, 6) is -0.102. The van der Waals surface area contributed by atoms with Gasteiger partial charge in [-0.05, 0) is 51.1 Å². The first-order valence-corrected chi connectivity index (χ1v) is 6.67. The molecule has 1 aromatic heterocycles. The Labute approximate surface area is 127 Å². The lowest BCUT2D eigenvalue weighted by molar-refractivity contribution is 0.0204. The molecule has 6 nitrogen and oxygen atoms in total. The normalized spacial score (nSPS) is 10.9. The fourth-order valence-electron chi connectivity index (χ4n) is 1.63. The average Bonchev–Trinajstić information content (AvgIpc) is 2.61. The zero-order valence-electron chi connectivity index (χ0n) is 12.6. The van der Waals surface area contributed by atoms with Gasteiger partial charge < -0.3 is 9.47 Å². The van der Waals surface area contributed by atoms with Crippen LogP contribution in [0.5, 0.6) is 5.75 Å². The molecule has 0 saturated carbocycles. The van der Waals surface area contributed by atoms with Gasteiger partial charge in [0.2, 0.25) is 5.43 Å². The maximum absolute atomic E-state index is 11.9. The smallest absolute Gasteiger partial charge is 0.428 e. The SMILES string of the molecule is CC(C)(C)OC(=O)Oc1ccc(-c2ccncn2)ccc1=O. The second-order valence-corrected chi connectivity index (χ2v) is 5.51. The van der Waals surface area contributed by atoms with Crippen molar-refractivity contribution in [3.05, 3.63) is 53.1 Å². The van der Waals surface area contributed by atoms with Crippen LogP contribution in [-0.4, -0.2) is 21.7 Å². The predicted octanol–water partition coefficient (Wildman–Crippen LogP) is 2.82. The highest BCUT2D eigenvalue weighted by Gasteiger charge is 2.18. The molecule has 0 N–H and O–H groups in total. The lowest BCUT2D eigenvalue weighted by Gasteiger charge is -2.18. The van der Waals surface area contributed by atoms with Crippen LogP contribution in [0.3, 0.4) is 0 Å². The van der Waals surface area contributed by atoms with Crippen molar-refractivity contribution < 1.29 is 14.3 Å². The molecule has 114 valence electrons. The summed E-state index contributed by atoms with van der Waals surface area (Å²) in [5, 5.41) is 0. The minimum absolute atomic E-state index is 0.102. The first-order chi connectivity index (χ1) is 10.3. The van der Waals surface area contributed by atoms with Crippen LogP contribution in [0.2, 0.25) is 0 Å². The van der Waals surface area contributed by atoms with E-state index in [-0.39, 0.29) is 5.75 Å². The van der Waals surface area contributed by atoms with Crippen LogP contribution in [0.1, 0.15) is 20.8 Å². The Hall–Kier alpha value is -2.76. The van der Waals surface area contributed by atoms with Crippen LogP contribution in [-0.2, 0) is 4.74 Å². The minimum Gasteiger partial charge on any atom is -0.428 e. The summed E-state index contributed by atoms with van der Waals surface area (Å²) in [5.41, 5.74) is 0.252. The highest BCUT2D eigenvalue weighted by Crippen LogP contribution is 2.16. The molecule has 0 spiro atoms. The Morgan fingerprint density at radius 3 is 2.45 bits per heavy atom. The van der Waals surface area contributed by atoms with Crippen molar-refractivity contribution in [3.8, 4) is 17.0 Å². The Balaban J connectivity index is 2.26. The number of hydrogen-bond donors (Lipinski definition) is 0. The number of carbonyl (C=O) groups excluding carboxylic acids is 1. The standard InChI is InChI=1S/C16H16N2O4/c1-16(2,3)22-15(20)21-14-7-5-11(4-6-13(14)19)12-8-9-17-10-18-12/h4-10H,1-3H3. The molecule has 0 amide bonds. The summed E-state index contributed by atoms with van der Waals surface area (Å²) in [6, 6.07) is 7.70. The van der Waals surface area contributed by atoms with Gasteiger partial charge in [0.25, 0.3) is 0 Å². The molecule has 0 unspecified atom stereocenters.